The average molecular weight is 311 g/mol. The number of rotatable bonds is 3. The second kappa shape index (κ2) is 6.13. The molecule has 1 heterocycles. The Labute approximate surface area is 126 Å². The second-order valence-electron chi connectivity index (χ2n) is 4.85. The lowest BCUT2D eigenvalue weighted by atomic mass is 9.95. The number of carbonyl (C=O) groups excluding carboxylic acids is 2. The molecule has 1 aliphatic rings. The van der Waals surface area contributed by atoms with E-state index in [2.05, 4.69) is 5.32 Å². The molecule has 0 bridgehead atoms. The molecule has 2 rings (SSSR count). The number of carboxylic acid groups (broad SMARTS) is 1. The molecular formula is C14H15ClN2O4. The van der Waals surface area contributed by atoms with E-state index in [1.165, 1.54) is 0 Å². The molecule has 2 amide bonds. The minimum Gasteiger partial charge on any atom is -0.478 e. The van der Waals surface area contributed by atoms with Gasteiger partial charge in [-0.15, -0.1) is 0 Å². The molecule has 0 aromatic heterocycles. The number of hydrogen-bond acceptors (Lipinski definition) is 3. The standard InChI is InChI=1S/C14H15ClN2O4/c15-13(21)17-9-5-4-8-14(17,12(19)20)16-11(18)10-6-2-1-3-7-10/h1-3,6-7H,4-5,8-9H2,(H,16,18)(H,19,20). The van der Waals surface area contributed by atoms with Crippen LogP contribution in [0.2, 0.25) is 0 Å². The molecule has 0 radical (unpaired) electrons. The van der Waals surface area contributed by atoms with Crippen LogP contribution in [0, 0.1) is 0 Å². The van der Waals surface area contributed by atoms with Crippen molar-refractivity contribution in [1.29, 1.82) is 0 Å². The van der Waals surface area contributed by atoms with Gasteiger partial charge in [0.05, 0.1) is 0 Å². The number of benzene rings is 1. The maximum absolute atomic E-state index is 12.2. The molecule has 0 saturated carbocycles. The number of hydrogen-bond donors (Lipinski definition) is 2. The van der Waals surface area contributed by atoms with Crippen LogP contribution in [-0.4, -0.2) is 39.5 Å². The normalized spacial score (nSPS) is 21.7. The molecule has 1 aromatic carbocycles. The fraction of sp³-hybridized carbons (Fsp3) is 0.357. The number of carboxylic acids is 1. The Morgan fingerprint density at radius 1 is 1.19 bits per heavy atom. The van der Waals surface area contributed by atoms with Gasteiger partial charge in [-0.25, -0.2) is 4.79 Å². The summed E-state index contributed by atoms with van der Waals surface area (Å²) < 4.78 is 0. The van der Waals surface area contributed by atoms with Gasteiger partial charge in [-0.3, -0.25) is 14.5 Å². The van der Waals surface area contributed by atoms with E-state index in [4.69, 9.17) is 11.6 Å². The highest BCUT2D eigenvalue weighted by Crippen LogP contribution is 2.28. The summed E-state index contributed by atoms with van der Waals surface area (Å²) in [5.41, 5.74) is -1.46. The molecule has 112 valence electrons. The van der Waals surface area contributed by atoms with E-state index in [9.17, 15) is 19.5 Å². The van der Waals surface area contributed by atoms with E-state index in [1.54, 1.807) is 30.3 Å². The van der Waals surface area contributed by atoms with Crippen LogP contribution in [0.15, 0.2) is 30.3 Å². The van der Waals surface area contributed by atoms with Crippen LogP contribution in [0.25, 0.3) is 0 Å². The molecule has 2 N–H and O–H groups in total. The van der Waals surface area contributed by atoms with Crippen molar-refractivity contribution in [1.82, 2.24) is 10.2 Å². The minimum absolute atomic E-state index is 0.124. The Bertz CT molecular complexity index is 563. The Balaban J connectivity index is 2.31. The van der Waals surface area contributed by atoms with Gasteiger partial charge in [0.25, 0.3) is 5.91 Å². The predicted molar refractivity (Wildman–Crippen MR) is 76.1 cm³/mol. The second-order valence-corrected chi connectivity index (χ2v) is 5.17. The van der Waals surface area contributed by atoms with E-state index in [0.29, 0.717) is 18.4 Å². The van der Waals surface area contributed by atoms with Gasteiger partial charge in [-0.1, -0.05) is 18.2 Å². The van der Waals surface area contributed by atoms with Crippen LogP contribution in [0.5, 0.6) is 0 Å². The zero-order valence-electron chi connectivity index (χ0n) is 11.2. The number of halogens is 1. The van der Waals surface area contributed by atoms with Gasteiger partial charge in [-0.2, -0.15) is 0 Å². The number of aliphatic carboxylic acids is 1. The molecule has 0 spiro atoms. The zero-order valence-corrected chi connectivity index (χ0v) is 12.0. The number of carbonyl (C=O) groups is 3. The lowest BCUT2D eigenvalue weighted by molar-refractivity contribution is -0.153. The highest BCUT2D eigenvalue weighted by atomic mass is 35.5. The summed E-state index contributed by atoms with van der Waals surface area (Å²) >= 11 is 5.49. The third-order valence-corrected chi connectivity index (χ3v) is 3.76. The Morgan fingerprint density at radius 2 is 1.86 bits per heavy atom. The first-order valence-corrected chi connectivity index (χ1v) is 6.93. The third kappa shape index (κ3) is 3.00. The largest absolute Gasteiger partial charge is 0.478 e. The van der Waals surface area contributed by atoms with Gasteiger partial charge in [0.1, 0.15) is 0 Å². The topological polar surface area (TPSA) is 86.7 Å². The maximum atomic E-state index is 12.2. The van der Waals surface area contributed by atoms with Gasteiger partial charge >= 0.3 is 11.3 Å². The molecule has 1 atom stereocenters. The number of amides is 2. The first kappa shape index (κ1) is 15.3. The molecular weight excluding hydrogens is 296 g/mol. The molecule has 7 heteroatoms. The van der Waals surface area contributed by atoms with Crippen LogP contribution in [0.1, 0.15) is 29.6 Å². The van der Waals surface area contributed by atoms with Crippen LogP contribution >= 0.6 is 11.6 Å². The number of likely N-dealkylation sites (tertiary alicyclic amines) is 1. The highest BCUT2D eigenvalue weighted by Gasteiger charge is 2.49. The summed E-state index contributed by atoms with van der Waals surface area (Å²) in [6.07, 6.45) is 1.36. The van der Waals surface area contributed by atoms with Gasteiger partial charge in [0.15, 0.2) is 0 Å². The molecule has 21 heavy (non-hydrogen) atoms. The van der Waals surface area contributed by atoms with Gasteiger partial charge in [0.2, 0.25) is 5.66 Å². The first-order valence-electron chi connectivity index (χ1n) is 6.55. The van der Waals surface area contributed by atoms with Crippen molar-refractivity contribution in [3.05, 3.63) is 35.9 Å². The summed E-state index contributed by atoms with van der Waals surface area (Å²) in [5.74, 6) is -1.84. The van der Waals surface area contributed by atoms with Crippen molar-refractivity contribution in [2.75, 3.05) is 6.54 Å². The summed E-state index contributed by atoms with van der Waals surface area (Å²) in [6.45, 7) is 0.198. The fourth-order valence-electron chi connectivity index (χ4n) is 2.47. The van der Waals surface area contributed by atoms with E-state index in [0.717, 1.165) is 4.90 Å². The number of nitrogens with zero attached hydrogens (tertiary/aromatic N) is 1. The fourth-order valence-corrected chi connectivity index (χ4v) is 2.70. The van der Waals surface area contributed by atoms with E-state index in [1.807, 2.05) is 0 Å². The van der Waals surface area contributed by atoms with Crippen LogP contribution in [-0.2, 0) is 4.79 Å². The van der Waals surface area contributed by atoms with Crippen molar-refractivity contribution >= 4 is 28.8 Å². The van der Waals surface area contributed by atoms with Crippen molar-refractivity contribution < 1.29 is 19.5 Å². The van der Waals surface area contributed by atoms with Crippen LogP contribution in [0.4, 0.5) is 4.79 Å². The van der Waals surface area contributed by atoms with Crippen LogP contribution < -0.4 is 5.32 Å². The molecule has 1 fully saturated rings. The summed E-state index contributed by atoms with van der Waals surface area (Å²) in [6, 6.07) is 8.24. The molecule has 1 aromatic rings. The third-order valence-electron chi connectivity index (χ3n) is 3.55. The number of piperidine rings is 1. The van der Waals surface area contributed by atoms with Crippen molar-refractivity contribution in [3.63, 3.8) is 0 Å². The van der Waals surface area contributed by atoms with Gasteiger partial charge < -0.3 is 10.4 Å². The van der Waals surface area contributed by atoms with E-state index in [-0.39, 0.29) is 13.0 Å². The maximum Gasteiger partial charge on any atom is 0.350 e. The zero-order chi connectivity index (χ0) is 15.5. The SMILES string of the molecule is O=C(NC1(C(=O)O)CCCCN1C(=O)Cl)c1ccccc1. The lowest BCUT2D eigenvalue weighted by Crippen LogP contribution is -2.67. The number of nitrogens with one attached hydrogen (secondary N) is 1. The Hall–Kier alpha value is -2.08. The summed E-state index contributed by atoms with van der Waals surface area (Å²) in [7, 11) is 0. The minimum atomic E-state index is -1.79. The highest BCUT2D eigenvalue weighted by molar-refractivity contribution is 6.63. The summed E-state index contributed by atoms with van der Waals surface area (Å²) in [5, 5.41) is 11.1. The summed E-state index contributed by atoms with van der Waals surface area (Å²) in [4.78, 5) is 36.4. The van der Waals surface area contributed by atoms with E-state index >= 15 is 0 Å². The average Bonchev–Trinajstić information content (AvgIpc) is 2.48. The van der Waals surface area contributed by atoms with E-state index < -0.39 is 22.9 Å². The first-order chi connectivity index (χ1) is 9.97. The molecule has 0 aliphatic carbocycles. The Morgan fingerprint density at radius 3 is 2.43 bits per heavy atom. The lowest BCUT2D eigenvalue weighted by Gasteiger charge is -2.42. The van der Waals surface area contributed by atoms with Crippen molar-refractivity contribution in [2.45, 2.75) is 24.9 Å². The van der Waals surface area contributed by atoms with Crippen LogP contribution in [0.3, 0.4) is 0 Å². The smallest absolute Gasteiger partial charge is 0.350 e. The molecule has 1 saturated heterocycles. The Kier molecular flexibility index (Phi) is 4.47. The predicted octanol–water partition coefficient (Wildman–Crippen LogP) is 2.04. The van der Waals surface area contributed by atoms with Gasteiger partial charge in [0, 0.05) is 18.5 Å². The quantitative estimate of drug-likeness (QED) is 0.660. The monoisotopic (exact) mass is 310 g/mol. The van der Waals surface area contributed by atoms with Gasteiger partial charge in [-0.05, 0) is 36.6 Å². The molecule has 6 nitrogen and oxygen atoms in total. The van der Waals surface area contributed by atoms with Crippen molar-refractivity contribution in [2.24, 2.45) is 0 Å². The molecule has 1 unspecified atom stereocenters. The molecule has 1 aliphatic heterocycles. The van der Waals surface area contributed by atoms with Crippen molar-refractivity contribution in [3.8, 4) is 0 Å².